The fourth-order valence-corrected chi connectivity index (χ4v) is 3.41. The highest BCUT2D eigenvalue weighted by Crippen LogP contribution is 2.33. The molecule has 0 bridgehead atoms. The van der Waals surface area contributed by atoms with E-state index in [4.69, 9.17) is 14.6 Å². The average Bonchev–Trinajstić information content (AvgIpc) is 2.46. The van der Waals surface area contributed by atoms with Gasteiger partial charge >= 0.3 is 0 Å². The monoisotopic (exact) mass is 314 g/mol. The zero-order chi connectivity index (χ0) is 15.5. The summed E-state index contributed by atoms with van der Waals surface area (Å²) in [5.41, 5.74) is 0.650. The van der Waals surface area contributed by atoms with Gasteiger partial charge in [-0.1, -0.05) is 6.42 Å². The SMILES string of the molecule is COc1cc(CN2CCCCC2)c(S(N)(=O)=O)cc1OC. The molecular formula is C14H22N2O4S. The highest BCUT2D eigenvalue weighted by atomic mass is 32.2. The van der Waals surface area contributed by atoms with Crippen molar-refractivity contribution in [2.75, 3.05) is 27.3 Å². The molecule has 0 radical (unpaired) electrons. The summed E-state index contributed by atoms with van der Waals surface area (Å²) in [4.78, 5) is 2.34. The third kappa shape index (κ3) is 3.87. The lowest BCUT2D eigenvalue weighted by Crippen LogP contribution is -2.30. The minimum Gasteiger partial charge on any atom is -0.493 e. The highest BCUT2D eigenvalue weighted by Gasteiger charge is 2.21. The number of ether oxygens (including phenoxy) is 2. The summed E-state index contributed by atoms with van der Waals surface area (Å²) in [5, 5.41) is 5.34. The van der Waals surface area contributed by atoms with Crippen molar-refractivity contribution in [3.8, 4) is 11.5 Å². The Morgan fingerprint density at radius 2 is 1.67 bits per heavy atom. The van der Waals surface area contributed by atoms with Gasteiger partial charge in [-0.25, -0.2) is 13.6 Å². The van der Waals surface area contributed by atoms with Gasteiger partial charge < -0.3 is 9.47 Å². The lowest BCUT2D eigenvalue weighted by atomic mass is 10.1. The number of primary sulfonamides is 1. The summed E-state index contributed by atoms with van der Waals surface area (Å²) < 4.78 is 34.1. The van der Waals surface area contributed by atoms with Crippen LogP contribution in [0.2, 0.25) is 0 Å². The first-order valence-electron chi connectivity index (χ1n) is 6.95. The molecule has 0 amide bonds. The lowest BCUT2D eigenvalue weighted by molar-refractivity contribution is 0.219. The molecule has 0 unspecified atom stereocenters. The molecule has 1 aromatic rings. The van der Waals surface area contributed by atoms with Gasteiger partial charge in [0.15, 0.2) is 11.5 Å². The van der Waals surface area contributed by atoms with Gasteiger partial charge in [0.25, 0.3) is 0 Å². The number of piperidine rings is 1. The van der Waals surface area contributed by atoms with Crippen molar-refractivity contribution in [1.82, 2.24) is 4.90 Å². The van der Waals surface area contributed by atoms with Crippen LogP contribution in [0.15, 0.2) is 17.0 Å². The van der Waals surface area contributed by atoms with E-state index in [1.165, 1.54) is 26.7 Å². The van der Waals surface area contributed by atoms with Crippen LogP contribution in [0.3, 0.4) is 0 Å². The Morgan fingerprint density at radius 1 is 1.10 bits per heavy atom. The maximum atomic E-state index is 11.8. The number of nitrogens with zero attached hydrogens (tertiary/aromatic N) is 1. The van der Waals surface area contributed by atoms with Gasteiger partial charge in [0, 0.05) is 12.6 Å². The fraction of sp³-hybridized carbons (Fsp3) is 0.571. The standard InChI is InChI=1S/C14H22N2O4S/c1-19-12-8-11(10-16-6-4-3-5-7-16)14(21(15,17)18)9-13(12)20-2/h8-9H,3-7,10H2,1-2H3,(H2,15,17,18). The van der Waals surface area contributed by atoms with E-state index in [1.807, 2.05) is 0 Å². The van der Waals surface area contributed by atoms with E-state index in [9.17, 15) is 8.42 Å². The van der Waals surface area contributed by atoms with Crippen LogP contribution in [-0.4, -0.2) is 40.6 Å². The molecule has 7 heteroatoms. The molecule has 21 heavy (non-hydrogen) atoms. The summed E-state index contributed by atoms with van der Waals surface area (Å²) in [6, 6.07) is 3.14. The van der Waals surface area contributed by atoms with Crippen LogP contribution in [0.5, 0.6) is 11.5 Å². The Kier molecular flexibility index (Phi) is 5.08. The zero-order valence-corrected chi connectivity index (χ0v) is 13.3. The van der Waals surface area contributed by atoms with Crippen LogP contribution in [0.4, 0.5) is 0 Å². The summed E-state index contributed by atoms with van der Waals surface area (Å²) in [6.07, 6.45) is 3.50. The number of hydrogen-bond acceptors (Lipinski definition) is 5. The number of nitrogens with two attached hydrogens (primary N) is 1. The second kappa shape index (κ2) is 6.64. The van der Waals surface area contributed by atoms with E-state index >= 15 is 0 Å². The molecule has 1 heterocycles. The van der Waals surface area contributed by atoms with Crippen molar-refractivity contribution in [1.29, 1.82) is 0 Å². The van der Waals surface area contributed by atoms with Crippen molar-refractivity contribution >= 4 is 10.0 Å². The first-order valence-corrected chi connectivity index (χ1v) is 8.50. The first-order chi connectivity index (χ1) is 9.95. The number of sulfonamides is 1. The lowest BCUT2D eigenvalue weighted by Gasteiger charge is -2.27. The molecule has 0 atom stereocenters. The summed E-state index contributed by atoms with van der Waals surface area (Å²) in [5.74, 6) is 0.876. The van der Waals surface area contributed by atoms with Crippen molar-refractivity contribution in [3.63, 3.8) is 0 Å². The molecule has 1 aromatic carbocycles. The van der Waals surface area contributed by atoms with Crippen LogP contribution in [0, 0.1) is 0 Å². The number of likely N-dealkylation sites (tertiary alicyclic amines) is 1. The highest BCUT2D eigenvalue weighted by molar-refractivity contribution is 7.89. The van der Waals surface area contributed by atoms with E-state index in [2.05, 4.69) is 4.90 Å². The summed E-state index contributed by atoms with van der Waals surface area (Å²) in [7, 11) is -0.810. The summed E-state index contributed by atoms with van der Waals surface area (Å²) >= 11 is 0. The van der Waals surface area contributed by atoms with Crippen molar-refractivity contribution < 1.29 is 17.9 Å². The number of rotatable bonds is 5. The van der Waals surface area contributed by atoms with Gasteiger partial charge in [-0.05, 0) is 37.6 Å². The second-order valence-electron chi connectivity index (χ2n) is 5.20. The van der Waals surface area contributed by atoms with E-state index in [0.29, 0.717) is 23.6 Å². The van der Waals surface area contributed by atoms with Gasteiger partial charge in [-0.3, -0.25) is 4.90 Å². The fourth-order valence-electron chi connectivity index (χ4n) is 2.65. The van der Waals surface area contributed by atoms with Crippen LogP contribution < -0.4 is 14.6 Å². The molecule has 1 aliphatic rings. The third-order valence-electron chi connectivity index (χ3n) is 3.72. The van der Waals surface area contributed by atoms with E-state index in [-0.39, 0.29) is 4.90 Å². The average molecular weight is 314 g/mol. The Labute approximate surface area is 125 Å². The van der Waals surface area contributed by atoms with Gasteiger partial charge in [-0.2, -0.15) is 0 Å². The third-order valence-corrected chi connectivity index (χ3v) is 4.71. The van der Waals surface area contributed by atoms with Crippen molar-refractivity contribution in [2.45, 2.75) is 30.7 Å². The molecular weight excluding hydrogens is 292 g/mol. The minimum atomic E-state index is -3.80. The van der Waals surface area contributed by atoms with E-state index < -0.39 is 10.0 Å². The molecule has 1 saturated heterocycles. The maximum absolute atomic E-state index is 11.8. The number of methoxy groups -OCH3 is 2. The Bertz CT molecular complexity index is 595. The second-order valence-corrected chi connectivity index (χ2v) is 6.73. The van der Waals surface area contributed by atoms with E-state index in [1.54, 1.807) is 6.07 Å². The molecule has 1 fully saturated rings. The molecule has 6 nitrogen and oxygen atoms in total. The van der Waals surface area contributed by atoms with Gasteiger partial charge in [-0.15, -0.1) is 0 Å². The predicted molar refractivity (Wildman–Crippen MR) is 80.0 cm³/mol. The summed E-state index contributed by atoms with van der Waals surface area (Å²) in [6.45, 7) is 2.49. The van der Waals surface area contributed by atoms with Gasteiger partial charge in [0.1, 0.15) is 0 Å². The number of benzene rings is 1. The molecule has 0 saturated carbocycles. The van der Waals surface area contributed by atoms with Crippen LogP contribution in [0.25, 0.3) is 0 Å². The Hall–Kier alpha value is -1.31. The molecule has 2 N–H and O–H groups in total. The molecule has 2 rings (SSSR count). The quantitative estimate of drug-likeness (QED) is 0.887. The van der Waals surface area contributed by atoms with Gasteiger partial charge in [0.2, 0.25) is 10.0 Å². The molecule has 0 aromatic heterocycles. The van der Waals surface area contributed by atoms with Crippen LogP contribution in [0.1, 0.15) is 24.8 Å². The smallest absolute Gasteiger partial charge is 0.238 e. The molecule has 0 aliphatic carbocycles. The van der Waals surface area contributed by atoms with Crippen molar-refractivity contribution in [3.05, 3.63) is 17.7 Å². The van der Waals surface area contributed by atoms with E-state index in [0.717, 1.165) is 25.9 Å². The predicted octanol–water partition coefficient (Wildman–Crippen LogP) is 1.34. The topological polar surface area (TPSA) is 81.9 Å². The van der Waals surface area contributed by atoms with Crippen LogP contribution in [-0.2, 0) is 16.6 Å². The largest absolute Gasteiger partial charge is 0.493 e. The maximum Gasteiger partial charge on any atom is 0.238 e. The van der Waals surface area contributed by atoms with Gasteiger partial charge in [0.05, 0.1) is 19.1 Å². The van der Waals surface area contributed by atoms with Crippen molar-refractivity contribution in [2.24, 2.45) is 5.14 Å². The molecule has 0 spiro atoms. The minimum absolute atomic E-state index is 0.103. The van der Waals surface area contributed by atoms with Crippen LogP contribution >= 0.6 is 0 Å². The normalized spacial score (nSPS) is 16.7. The number of hydrogen-bond donors (Lipinski definition) is 1. The molecule has 1 aliphatic heterocycles. The zero-order valence-electron chi connectivity index (χ0n) is 12.5. The molecule has 118 valence electrons. The first kappa shape index (κ1) is 16.1. The Morgan fingerprint density at radius 3 is 2.19 bits per heavy atom. The Balaban J connectivity index is 2.41.